The fourth-order valence-electron chi connectivity index (χ4n) is 2.76. The monoisotopic (exact) mass is 340 g/mol. The van der Waals surface area contributed by atoms with Crippen LogP contribution < -0.4 is 15.4 Å². The summed E-state index contributed by atoms with van der Waals surface area (Å²) in [5.41, 5.74) is 2.25. The number of nitrogens with one attached hydrogen (secondary N) is 2. The maximum atomic E-state index is 12.4. The van der Waals surface area contributed by atoms with Crippen LogP contribution in [-0.4, -0.2) is 19.1 Å². The molecule has 0 spiro atoms. The number of carbonyl (C=O) groups is 1. The van der Waals surface area contributed by atoms with E-state index in [0.29, 0.717) is 12.5 Å². The van der Waals surface area contributed by atoms with Crippen LogP contribution in [0.25, 0.3) is 0 Å². The van der Waals surface area contributed by atoms with E-state index >= 15 is 0 Å². The Labute approximate surface area is 150 Å². The van der Waals surface area contributed by atoms with Gasteiger partial charge in [0.2, 0.25) is 5.91 Å². The second kappa shape index (κ2) is 9.23. The van der Waals surface area contributed by atoms with E-state index in [2.05, 4.69) is 36.6 Å². The third-order valence-electron chi connectivity index (χ3n) is 4.27. The third-order valence-corrected chi connectivity index (χ3v) is 4.27. The molecular formula is C21H28N2O2. The predicted octanol–water partition coefficient (Wildman–Crippen LogP) is 3.69. The van der Waals surface area contributed by atoms with Gasteiger partial charge in [-0.1, -0.05) is 56.3 Å². The summed E-state index contributed by atoms with van der Waals surface area (Å²) in [5.74, 6) is 1.20. The largest absolute Gasteiger partial charge is 0.497 e. The van der Waals surface area contributed by atoms with Gasteiger partial charge in [0.25, 0.3) is 0 Å². The quantitative estimate of drug-likeness (QED) is 0.770. The third kappa shape index (κ3) is 5.61. The first kappa shape index (κ1) is 19.0. The molecule has 4 nitrogen and oxygen atoms in total. The molecule has 4 heteroatoms. The lowest BCUT2D eigenvalue weighted by atomic mass is 9.95. The average Bonchev–Trinajstić information content (AvgIpc) is 2.64. The van der Waals surface area contributed by atoms with Crippen LogP contribution in [0.5, 0.6) is 5.75 Å². The van der Waals surface area contributed by atoms with E-state index in [-0.39, 0.29) is 18.0 Å². The lowest BCUT2D eigenvalue weighted by Crippen LogP contribution is -2.44. The number of hydrogen-bond donors (Lipinski definition) is 2. The molecule has 134 valence electrons. The maximum absolute atomic E-state index is 12.4. The van der Waals surface area contributed by atoms with E-state index in [4.69, 9.17) is 4.74 Å². The van der Waals surface area contributed by atoms with Crippen LogP contribution in [0.15, 0.2) is 54.6 Å². The number of rotatable bonds is 8. The summed E-state index contributed by atoms with van der Waals surface area (Å²) < 4.78 is 5.14. The fourth-order valence-corrected chi connectivity index (χ4v) is 2.76. The molecule has 0 bridgehead atoms. The van der Waals surface area contributed by atoms with Gasteiger partial charge in [0.1, 0.15) is 5.75 Å². The van der Waals surface area contributed by atoms with Crippen molar-refractivity contribution in [3.8, 4) is 5.75 Å². The van der Waals surface area contributed by atoms with E-state index in [1.165, 1.54) is 5.56 Å². The Balaban J connectivity index is 1.91. The summed E-state index contributed by atoms with van der Waals surface area (Å²) >= 11 is 0. The van der Waals surface area contributed by atoms with Gasteiger partial charge < -0.3 is 10.1 Å². The topological polar surface area (TPSA) is 50.4 Å². The SMILES string of the molecule is COc1ccc(CNC(=O)[C@@H](C)N[C@H](c2ccccc2)C(C)C)cc1. The molecule has 1 amide bonds. The Morgan fingerprint density at radius 1 is 1.00 bits per heavy atom. The first-order valence-corrected chi connectivity index (χ1v) is 8.73. The van der Waals surface area contributed by atoms with Crippen LogP contribution in [0, 0.1) is 5.92 Å². The first-order chi connectivity index (χ1) is 12.0. The van der Waals surface area contributed by atoms with Gasteiger partial charge in [-0.05, 0) is 36.1 Å². The average molecular weight is 340 g/mol. The Kier molecular flexibility index (Phi) is 7.02. The van der Waals surface area contributed by atoms with Gasteiger partial charge in [-0.25, -0.2) is 0 Å². The van der Waals surface area contributed by atoms with Gasteiger partial charge in [0, 0.05) is 12.6 Å². The van der Waals surface area contributed by atoms with E-state index in [9.17, 15) is 4.79 Å². The number of amides is 1. The number of hydrogen-bond acceptors (Lipinski definition) is 3. The molecule has 0 saturated heterocycles. The van der Waals surface area contributed by atoms with Crippen molar-refractivity contribution in [2.75, 3.05) is 7.11 Å². The molecule has 25 heavy (non-hydrogen) atoms. The molecule has 0 aromatic heterocycles. The highest BCUT2D eigenvalue weighted by Gasteiger charge is 2.21. The summed E-state index contributed by atoms with van der Waals surface area (Å²) in [6.45, 7) is 6.73. The van der Waals surface area contributed by atoms with Crippen LogP contribution in [0.1, 0.15) is 37.9 Å². The van der Waals surface area contributed by atoms with Gasteiger partial charge in [-0.3, -0.25) is 10.1 Å². The van der Waals surface area contributed by atoms with E-state index in [0.717, 1.165) is 11.3 Å². The summed E-state index contributed by atoms with van der Waals surface area (Å²) in [6.07, 6.45) is 0. The van der Waals surface area contributed by atoms with E-state index < -0.39 is 0 Å². The van der Waals surface area contributed by atoms with Crippen molar-refractivity contribution in [2.24, 2.45) is 5.92 Å². The molecule has 2 N–H and O–H groups in total. The van der Waals surface area contributed by atoms with Gasteiger partial charge in [0.15, 0.2) is 0 Å². The highest BCUT2D eigenvalue weighted by molar-refractivity contribution is 5.81. The van der Waals surface area contributed by atoms with Gasteiger partial charge in [-0.2, -0.15) is 0 Å². The van der Waals surface area contributed by atoms with Crippen molar-refractivity contribution >= 4 is 5.91 Å². The summed E-state index contributed by atoms with van der Waals surface area (Å²) in [5, 5.41) is 6.44. The zero-order valence-corrected chi connectivity index (χ0v) is 15.5. The molecule has 0 saturated carbocycles. The summed E-state index contributed by atoms with van der Waals surface area (Å²) in [6, 6.07) is 17.8. The molecule has 0 unspecified atom stereocenters. The standard InChI is InChI=1S/C21H28N2O2/c1-15(2)20(18-8-6-5-7-9-18)23-16(3)21(24)22-14-17-10-12-19(25-4)13-11-17/h5-13,15-16,20,23H,14H2,1-4H3,(H,22,24)/t16-,20+/m1/s1. The number of carbonyl (C=O) groups excluding carboxylic acids is 1. The predicted molar refractivity (Wildman–Crippen MR) is 101 cm³/mol. The van der Waals surface area contributed by atoms with Crippen LogP contribution in [0.3, 0.4) is 0 Å². The molecule has 0 fully saturated rings. The van der Waals surface area contributed by atoms with Gasteiger partial charge in [0.05, 0.1) is 13.2 Å². The highest BCUT2D eigenvalue weighted by Crippen LogP contribution is 2.22. The Bertz CT molecular complexity index is 653. The van der Waals surface area contributed by atoms with Gasteiger partial charge in [-0.15, -0.1) is 0 Å². The van der Waals surface area contributed by atoms with Crippen molar-refractivity contribution in [1.29, 1.82) is 0 Å². The highest BCUT2D eigenvalue weighted by atomic mass is 16.5. The molecule has 0 aliphatic rings. The molecule has 2 aromatic carbocycles. The molecule has 0 aliphatic carbocycles. The van der Waals surface area contributed by atoms with Crippen LogP contribution >= 0.6 is 0 Å². The molecule has 0 heterocycles. The Hall–Kier alpha value is -2.33. The van der Waals surface area contributed by atoms with Crippen molar-refractivity contribution in [1.82, 2.24) is 10.6 Å². The van der Waals surface area contributed by atoms with Crippen molar-refractivity contribution in [3.05, 3.63) is 65.7 Å². The minimum absolute atomic E-state index is 0.00241. The van der Waals surface area contributed by atoms with Crippen LogP contribution in [-0.2, 0) is 11.3 Å². The second-order valence-electron chi connectivity index (χ2n) is 6.59. The fraction of sp³-hybridized carbons (Fsp3) is 0.381. The Morgan fingerprint density at radius 3 is 2.20 bits per heavy atom. The van der Waals surface area contributed by atoms with E-state index in [1.54, 1.807) is 7.11 Å². The van der Waals surface area contributed by atoms with Crippen LogP contribution in [0.4, 0.5) is 0 Å². The summed E-state index contributed by atoms with van der Waals surface area (Å²) in [7, 11) is 1.64. The normalized spacial score (nSPS) is 13.3. The molecule has 0 aliphatic heterocycles. The maximum Gasteiger partial charge on any atom is 0.237 e. The molecular weight excluding hydrogens is 312 g/mol. The zero-order chi connectivity index (χ0) is 18.2. The Morgan fingerprint density at radius 2 is 1.64 bits per heavy atom. The van der Waals surface area contributed by atoms with Crippen molar-refractivity contribution in [2.45, 2.75) is 39.4 Å². The number of ether oxygens (including phenoxy) is 1. The van der Waals surface area contributed by atoms with Crippen molar-refractivity contribution < 1.29 is 9.53 Å². The first-order valence-electron chi connectivity index (χ1n) is 8.73. The lowest BCUT2D eigenvalue weighted by Gasteiger charge is -2.26. The van der Waals surface area contributed by atoms with Gasteiger partial charge >= 0.3 is 0 Å². The molecule has 2 aromatic rings. The molecule has 2 rings (SSSR count). The minimum Gasteiger partial charge on any atom is -0.497 e. The minimum atomic E-state index is -0.272. The molecule has 2 atom stereocenters. The summed E-state index contributed by atoms with van der Waals surface area (Å²) in [4.78, 5) is 12.4. The molecule has 0 radical (unpaired) electrons. The van der Waals surface area contributed by atoms with E-state index in [1.807, 2.05) is 49.4 Å². The number of methoxy groups -OCH3 is 1. The van der Waals surface area contributed by atoms with Crippen molar-refractivity contribution in [3.63, 3.8) is 0 Å². The van der Waals surface area contributed by atoms with Crippen LogP contribution in [0.2, 0.25) is 0 Å². The zero-order valence-electron chi connectivity index (χ0n) is 15.5. The number of benzene rings is 2. The smallest absolute Gasteiger partial charge is 0.237 e. The lowest BCUT2D eigenvalue weighted by molar-refractivity contribution is -0.123. The second-order valence-corrected chi connectivity index (χ2v) is 6.59.